The van der Waals surface area contributed by atoms with Crippen LogP contribution in [0, 0.1) is 11.3 Å². The number of halogens is 3. The van der Waals surface area contributed by atoms with Gasteiger partial charge in [-0.05, 0) is 24.3 Å². The minimum absolute atomic E-state index is 0.161. The van der Waals surface area contributed by atoms with E-state index in [1.54, 1.807) is 12.1 Å². The molecule has 0 bridgehead atoms. The first kappa shape index (κ1) is 13.1. The molecule has 0 N–H and O–H groups in total. The largest absolute Gasteiger partial charge is 0.416 e. The Kier molecular flexibility index (Phi) is 2.87. The molecule has 2 aromatic heterocycles. The van der Waals surface area contributed by atoms with Crippen molar-refractivity contribution in [3.63, 3.8) is 0 Å². The van der Waals surface area contributed by atoms with Gasteiger partial charge in [-0.1, -0.05) is 12.1 Å². The van der Waals surface area contributed by atoms with Gasteiger partial charge < -0.3 is 0 Å². The Balaban J connectivity index is 2.19. The Labute approximate surface area is 117 Å². The fourth-order valence-corrected chi connectivity index (χ4v) is 1.98. The first-order valence-electron chi connectivity index (χ1n) is 5.91. The first-order valence-corrected chi connectivity index (χ1v) is 5.91. The number of benzene rings is 1. The second kappa shape index (κ2) is 4.59. The molecule has 0 aliphatic rings. The third-order valence-corrected chi connectivity index (χ3v) is 2.96. The van der Waals surface area contributed by atoms with Gasteiger partial charge in [-0.15, -0.1) is 0 Å². The van der Waals surface area contributed by atoms with Gasteiger partial charge in [0.05, 0.1) is 17.5 Å². The quantitative estimate of drug-likeness (QED) is 0.690. The lowest BCUT2D eigenvalue weighted by atomic mass is 10.1. The van der Waals surface area contributed by atoms with Crippen molar-refractivity contribution in [1.82, 2.24) is 14.6 Å². The Bertz CT molecular complexity index is 859. The number of nitriles is 1. The molecular weight excluding hydrogens is 281 g/mol. The number of rotatable bonds is 1. The summed E-state index contributed by atoms with van der Waals surface area (Å²) in [5.74, 6) is 0. The van der Waals surface area contributed by atoms with Crippen LogP contribution in [0.2, 0.25) is 0 Å². The molecule has 0 aliphatic carbocycles. The summed E-state index contributed by atoms with van der Waals surface area (Å²) in [6.07, 6.45) is -2.99. The molecule has 21 heavy (non-hydrogen) atoms. The SMILES string of the molecule is N#Cc1ccc2ncc(-c3cccc(C(F)(F)F)c3)n2n1. The Hall–Kier alpha value is -2.88. The van der Waals surface area contributed by atoms with Gasteiger partial charge in [-0.2, -0.15) is 23.5 Å². The van der Waals surface area contributed by atoms with Crippen molar-refractivity contribution < 1.29 is 13.2 Å². The number of nitrogens with zero attached hydrogens (tertiary/aromatic N) is 4. The van der Waals surface area contributed by atoms with Crippen LogP contribution in [0.5, 0.6) is 0 Å². The standard InChI is InChI=1S/C14H7F3N4/c15-14(16,17)10-3-1-2-9(6-10)12-8-19-13-5-4-11(7-18)20-21(12)13/h1-6,8H. The van der Waals surface area contributed by atoms with Gasteiger partial charge in [0, 0.05) is 5.56 Å². The summed E-state index contributed by atoms with van der Waals surface area (Å²) < 4.78 is 39.6. The van der Waals surface area contributed by atoms with E-state index in [0.29, 0.717) is 16.9 Å². The van der Waals surface area contributed by atoms with Gasteiger partial charge in [0.15, 0.2) is 11.3 Å². The van der Waals surface area contributed by atoms with E-state index in [1.807, 2.05) is 6.07 Å². The predicted molar refractivity (Wildman–Crippen MR) is 68.1 cm³/mol. The molecule has 0 unspecified atom stereocenters. The van der Waals surface area contributed by atoms with Crippen LogP contribution < -0.4 is 0 Å². The number of imidazole rings is 1. The highest BCUT2D eigenvalue weighted by Gasteiger charge is 2.30. The lowest BCUT2D eigenvalue weighted by Crippen LogP contribution is -2.05. The molecule has 3 rings (SSSR count). The van der Waals surface area contributed by atoms with Crippen molar-refractivity contribution in [2.45, 2.75) is 6.18 Å². The lowest BCUT2D eigenvalue weighted by Gasteiger charge is -2.08. The van der Waals surface area contributed by atoms with E-state index in [9.17, 15) is 13.2 Å². The molecular formula is C14H7F3N4. The van der Waals surface area contributed by atoms with E-state index >= 15 is 0 Å². The van der Waals surface area contributed by atoms with Crippen molar-refractivity contribution in [2.75, 3.05) is 0 Å². The molecule has 0 saturated heterocycles. The van der Waals surface area contributed by atoms with Crippen LogP contribution in [0.25, 0.3) is 16.9 Å². The highest BCUT2D eigenvalue weighted by Crippen LogP contribution is 2.32. The number of aromatic nitrogens is 3. The number of hydrogen-bond donors (Lipinski definition) is 0. The highest BCUT2D eigenvalue weighted by molar-refractivity contribution is 5.64. The average molecular weight is 288 g/mol. The minimum Gasteiger partial charge on any atom is -0.235 e. The number of fused-ring (bicyclic) bond motifs is 1. The fraction of sp³-hybridized carbons (Fsp3) is 0.0714. The van der Waals surface area contributed by atoms with E-state index in [1.165, 1.54) is 22.8 Å². The number of alkyl halides is 3. The van der Waals surface area contributed by atoms with Gasteiger partial charge in [-0.3, -0.25) is 0 Å². The summed E-state index contributed by atoms with van der Waals surface area (Å²) in [5.41, 5.74) is 0.606. The maximum absolute atomic E-state index is 12.8. The Morgan fingerprint density at radius 2 is 1.95 bits per heavy atom. The van der Waals surface area contributed by atoms with E-state index in [0.717, 1.165) is 12.1 Å². The second-order valence-electron chi connectivity index (χ2n) is 4.32. The van der Waals surface area contributed by atoms with Crippen LogP contribution in [0.15, 0.2) is 42.6 Å². The van der Waals surface area contributed by atoms with Gasteiger partial charge in [-0.25, -0.2) is 9.50 Å². The zero-order valence-electron chi connectivity index (χ0n) is 10.5. The first-order chi connectivity index (χ1) is 9.99. The van der Waals surface area contributed by atoms with Crippen LogP contribution in [0.1, 0.15) is 11.3 Å². The van der Waals surface area contributed by atoms with Gasteiger partial charge >= 0.3 is 6.18 Å². The third kappa shape index (κ3) is 2.31. The number of hydrogen-bond acceptors (Lipinski definition) is 3. The third-order valence-electron chi connectivity index (χ3n) is 2.96. The van der Waals surface area contributed by atoms with Crippen LogP contribution in [0.3, 0.4) is 0 Å². The summed E-state index contributed by atoms with van der Waals surface area (Å²) in [6.45, 7) is 0. The van der Waals surface area contributed by atoms with E-state index < -0.39 is 11.7 Å². The van der Waals surface area contributed by atoms with Crippen LogP contribution in [-0.2, 0) is 6.18 Å². The normalized spacial score (nSPS) is 11.5. The Morgan fingerprint density at radius 3 is 2.67 bits per heavy atom. The van der Waals surface area contributed by atoms with Crippen LogP contribution in [0.4, 0.5) is 13.2 Å². The van der Waals surface area contributed by atoms with Crippen molar-refractivity contribution in [2.24, 2.45) is 0 Å². The molecule has 0 spiro atoms. The zero-order valence-corrected chi connectivity index (χ0v) is 10.5. The minimum atomic E-state index is -4.41. The molecule has 104 valence electrons. The van der Waals surface area contributed by atoms with E-state index in [-0.39, 0.29) is 5.69 Å². The van der Waals surface area contributed by atoms with E-state index in [4.69, 9.17) is 5.26 Å². The highest BCUT2D eigenvalue weighted by atomic mass is 19.4. The molecule has 0 saturated carbocycles. The molecule has 2 heterocycles. The molecule has 1 aromatic carbocycles. The second-order valence-corrected chi connectivity index (χ2v) is 4.32. The summed E-state index contributed by atoms with van der Waals surface area (Å²) in [5, 5.41) is 12.9. The summed E-state index contributed by atoms with van der Waals surface area (Å²) in [4.78, 5) is 4.07. The van der Waals surface area contributed by atoms with Crippen molar-refractivity contribution >= 4 is 5.65 Å². The lowest BCUT2D eigenvalue weighted by molar-refractivity contribution is -0.137. The molecule has 3 aromatic rings. The molecule has 0 fully saturated rings. The summed E-state index contributed by atoms with van der Waals surface area (Å²) >= 11 is 0. The van der Waals surface area contributed by atoms with Gasteiger partial charge in [0.25, 0.3) is 0 Å². The molecule has 0 atom stereocenters. The van der Waals surface area contributed by atoms with Crippen LogP contribution in [-0.4, -0.2) is 14.6 Å². The van der Waals surface area contributed by atoms with Crippen LogP contribution >= 0.6 is 0 Å². The maximum atomic E-state index is 12.8. The fourth-order valence-electron chi connectivity index (χ4n) is 1.98. The monoisotopic (exact) mass is 288 g/mol. The molecule has 0 aliphatic heterocycles. The van der Waals surface area contributed by atoms with Gasteiger partial charge in [0.1, 0.15) is 6.07 Å². The molecule has 0 radical (unpaired) electrons. The smallest absolute Gasteiger partial charge is 0.235 e. The predicted octanol–water partition coefficient (Wildman–Crippen LogP) is 3.29. The van der Waals surface area contributed by atoms with E-state index in [2.05, 4.69) is 10.1 Å². The topological polar surface area (TPSA) is 54.0 Å². The summed E-state index contributed by atoms with van der Waals surface area (Å²) in [7, 11) is 0. The van der Waals surface area contributed by atoms with Crippen molar-refractivity contribution in [3.8, 4) is 17.3 Å². The van der Waals surface area contributed by atoms with Crippen molar-refractivity contribution in [3.05, 3.63) is 53.9 Å². The maximum Gasteiger partial charge on any atom is 0.416 e. The zero-order chi connectivity index (χ0) is 15.0. The molecule has 4 nitrogen and oxygen atoms in total. The van der Waals surface area contributed by atoms with Crippen molar-refractivity contribution in [1.29, 1.82) is 5.26 Å². The molecule has 7 heteroatoms. The van der Waals surface area contributed by atoms with Gasteiger partial charge in [0.2, 0.25) is 0 Å². The summed E-state index contributed by atoms with van der Waals surface area (Å²) in [6, 6.07) is 9.87. The average Bonchev–Trinajstić information content (AvgIpc) is 2.89. The molecule has 0 amide bonds. The Morgan fingerprint density at radius 1 is 1.14 bits per heavy atom.